The van der Waals surface area contributed by atoms with E-state index < -0.39 is 0 Å². The average molecular weight is 475 g/mol. The Morgan fingerprint density at radius 1 is 1.09 bits per heavy atom. The first-order chi connectivity index (χ1) is 15.5. The number of anilines is 3. The van der Waals surface area contributed by atoms with Gasteiger partial charge in [0, 0.05) is 24.6 Å². The van der Waals surface area contributed by atoms with Crippen LogP contribution in [0.3, 0.4) is 0 Å². The highest BCUT2D eigenvalue weighted by atomic mass is 35.5. The number of nitriles is 1. The number of pyridine rings is 1. The number of carbonyl (C=O) groups excluding carboxylic acids is 1. The molecule has 32 heavy (non-hydrogen) atoms. The summed E-state index contributed by atoms with van der Waals surface area (Å²) in [6.45, 7) is 3.64. The zero-order chi connectivity index (χ0) is 23.1. The lowest BCUT2D eigenvalue weighted by atomic mass is 10.1. The zero-order valence-corrected chi connectivity index (χ0v) is 18.9. The molecule has 1 heterocycles. The third-order valence-electron chi connectivity index (χ3n) is 4.34. The van der Waals surface area contributed by atoms with Crippen LogP contribution in [-0.4, -0.2) is 29.6 Å². The van der Waals surface area contributed by atoms with Crippen molar-refractivity contribution in [2.45, 2.75) is 13.8 Å². The van der Waals surface area contributed by atoms with Crippen LogP contribution in [0.2, 0.25) is 0 Å². The van der Waals surface area contributed by atoms with Gasteiger partial charge >= 0.3 is 0 Å². The molecule has 1 amide bonds. The lowest BCUT2D eigenvalue weighted by Crippen LogP contribution is -2.08. The molecule has 0 aliphatic carbocycles. The SMILES string of the molecule is CCOc1cc2c(Nc3ccc(OCCl)cc3OCCl)c(C#N)cnc2cc1NC(C)=O. The molecule has 3 rings (SSSR count). The van der Waals surface area contributed by atoms with Gasteiger partial charge in [0.2, 0.25) is 5.91 Å². The van der Waals surface area contributed by atoms with Gasteiger partial charge in [-0.05, 0) is 31.2 Å². The summed E-state index contributed by atoms with van der Waals surface area (Å²) in [6, 6.07) is 10.5. The number of amides is 1. The molecule has 0 atom stereocenters. The summed E-state index contributed by atoms with van der Waals surface area (Å²) < 4.78 is 16.5. The van der Waals surface area contributed by atoms with E-state index in [1.165, 1.54) is 13.1 Å². The maximum absolute atomic E-state index is 11.6. The lowest BCUT2D eigenvalue weighted by molar-refractivity contribution is -0.114. The van der Waals surface area contributed by atoms with Crippen LogP contribution < -0.4 is 24.8 Å². The molecule has 0 spiro atoms. The van der Waals surface area contributed by atoms with Crippen LogP contribution in [0.4, 0.5) is 17.1 Å². The standard InChI is InChI=1S/C22H20Cl2N4O4/c1-3-30-21-7-16-18(8-19(21)27-13(2)29)26-10-14(9-25)22(16)28-17-5-4-15(31-11-23)6-20(17)32-12-24/h4-8,10H,3,11-12H2,1-2H3,(H,26,28)(H,27,29). The van der Waals surface area contributed by atoms with Crippen molar-refractivity contribution in [2.24, 2.45) is 0 Å². The van der Waals surface area contributed by atoms with Gasteiger partial charge in [0.15, 0.2) is 12.1 Å². The monoisotopic (exact) mass is 474 g/mol. The van der Waals surface area contributed by atoms with Crippen LogP contribution in [0.1, 0.15) is 19.4 Å². The first-order valence-electron chi connectivity index (χ1n) is 9.56. The van der Waals surface area contributed by atoms with Crippen LogP contribution in [0.5, 0.6) is 17.2 Å². The molecule has 0 bridgehead atoms. The number of rotatable bonds is 9. The Kier molecular flexibility index (Phi) is 7.82. The van der Waals surface area contributed by atoms with Crippen molar-refractivity contribution in [2.75, 3.05) is 29.4 Å². The van der Waals surface area contributed by atoms with Crippen molar-refractivity contribution in [3.05, 3.63) is 42.1 Å². The summed E-state index contributed by atoms with van der Waals surface area (Å²) in [5.74, 6) is 1.14. The number of aromatic nitrogens is 1. The maximum Gasteiger partial charge on any atom is 0.221 e. The minimum Gasteiger partial charge on any atom is -0.492 e. The zero-order valence-electron chi connectivity index (χ0n) is 17.4. The number of halogens is 2. The molecule has 3 aromatic rings. The van der Waals surface area contributed by atoms with Crippen LogP contribution >= 0.6 is 23.2 Å². The number of fused-ring (bicyclic) bond motifs is 1. The van der Waals surface area contributed by atoms with Gasteiger partial charge in [0.25, 0.3) is 0 Å². The number of hydrogen-bond acceptors (Lipinski definition) is 7. The van der Waals surface area contributed by atoms with Gasteiger partial charge in [-0.2, -0.15) is 5.26 Å². The normalized spacial score (nSPS) is 10.3. The number of carbonyl (C=O) groups is 1. The second-order valence-corrected chi connectivity index (χ2v) is 6.86. The Bertz CT molecular complexity index is 1180. The molecule has 0 saturated carbocycles. The Balaban J connectivity index is 2.16. The fourth-order valence-corrected chi connectivity index (χ4v) is 3.32. The number of hydrogen-bond donors (Lipinski definition) is 2. The molecular weight excluding hydrogens is 455 g/mol. The molecule has 0 aliphatic rings. The van der Waals surface area contributed by atoms with Crippen LogP contribution in [0.15, 0.2) is 36.5 Å². The second-order valence-electron chi connectivity index (χ2n) is 6.43. The van der Waals surface area contributed by atoms with Gasteiger partial charge in [0.1, 0.15) is 23.3 Å². The van der Waals surface area contributed by atoms with Crippen LogP contribution in [0, 0.1) is 11.3 Å². The summed E-state index contributed by atoms with van der Waals surface area (Å²) in [6.07, 6.45) is 1.45. The highest BCUT2D eigenvalue weighted by Crippen LogP contribution is 2.39. The molecule has 0 fully saturated rings. The third kappa shape index (κ3) is 5.25. The van der Waals surface area contributed by atoms with Gasteiger partial charge < -0.3 is 24.8 Å². The molecule has 8 nitrogen and oxygen atoms in total. The molecule has 10 heteroatoms. The largest absolute Gasteiger partial charge is 0.492 e. The van der Waals surface area contributed by atoms with Gasteiger partial charge in [-0.25, -0.2) is 0 Å². The predicted molar refractivity (Wildman–Crippen MR) is 124 cm³/mol. The second kappa shape index (κ2) is 10.8. The van der Waals surface area contributed by atoms with Crippen LogP contribution in [-0.2, 0) is 4.79 Å². The molecule has 2 aromatic carbocycles. The minimum absolute atomic E-state index is 0.0164. The Hall–Kier alpha value is -3.41. The topological polar surface area (TPSA) is 106 Å². The molecule has 0 saturated heterocycles. The van der Waals surface area contributed by atoms with Gasteiger partial charge in [-0.15, -0.1) is 0 Å². The first-order valence-corrected chi connectivity index (χ1v) is 10.6. The summed E-state index contributed by atoms with van der Waals surface area (Å²) in [5, 5.41) is 16.3. The van der Waals surface area contributed by atoms with E-state index in [-0.39, 0.29) is 18.0 Å². The number of nitrogens with zero attached hydrogens (tertiary/aromatic N) is 2. The van der Waals surface area contributed by atoms with E-state index >= 15 is 0 Å². The Labute approximate surface area is 195 Å². The van der Waals surface area contributed by atoms with E-state index in [0.717, 1.165) is 0 Å². The average Bonchev–Trinajstić information content (AvgIpc) is 2.76. The van der Waals surface area contributed by atoms with Crippen molar-refractivity contribution in [1.29, 1.82) is 5.26 Å². The number of alkyl halides is 2. The fourth-order valence-electron chi connectivity index (χ4n) is 3.07. The quantitative estimate of drug-likeness (QED) is 0.402. The summed E-state index contributed by atoms with van der Waals surface area (Å²) in [5.41, 5.74) is 2.41. The van der Waals surface area contributed by atoms with E-state index in [0.29, 0.717) is 57.4 Å². The number of benzene rings is 2. The predicted octanol–water partition coefficient (Wildman–Crippen LogP) is 5.36. The molecular formula is C22H20Cl2N4O4. The number of nitrogens with one attached hydrogen (secondary N) is 2. The highest BCUT2D eigenvalue weighted by Gasteiger charge is 2.16. The molecule has 0 unspecified atom stereocenters. The summed E-state index contributed by atoms with van der Waals surface area (Å²) >= 11 is 11.4. The van der Waals surface area contributed by atoms with Gasteiger partial charge in [-0.1, -0.05) is 23.2 Å². The minimum atomic E-state index is -0.237. The lowest BCUT2D eigenvalue weighted by Gasteiger charge is -2.17. The van der Waals surface area contributed by atoms with E-state index in [1.807, 2.05) is 6.92 Å². The molecule has 1 aromatic heterocycles. The molecule has 0 radical (unpaired) electrons. The Morgan fingerprint density at radius 2 is 1.84 bits per heavy atom. The van der Waals surface area contributed by atoms with E-state index in [9.17, 15) is 10.1 Å². The molecule has 2 N–H and O–H groups in total. The Morgan fingerprint density at radius 3 is 2.50 bits per heavy atom. The third-order valence-corrected chi connectivity index (χ3v) is 4.56. The smallest absolute Gasteiger partial charge is 0.221 e. The van der Waals surface area contributed by atoms with Crippen LogP contribution in [0.25, 0.3) is 10.9 Å². The van der Waals surface area contributed by atoms with E-state index in [1.54, 1.807) is 30.3 Å². The maximum atomic E-state index is 11.6. The van der Waals surface area contributed by atoms with Crippen molar-refractivity contribution in [1.82, 2.24) is 4.98 Å². The first kappa shape index (κ1) is 23.3. The van der Waals surface area contributed by atoms with Gasteiger partial charge in [-0.3, -0.25) is 9.78 Å². The van der Waals surface area contributed by atoms with E-state index in [4.69, 9.17) is 37.4 Å². The van der Waals surface area contributed by atoms with Crippen molar-refractivity contribution < 1.29 is 19.0 Å². The molecule has 166 valence electrons. The van der Waals surface area contributed by atoms with Crippen molar-refractivity contribution in [3.8, 4) is 23.3 Å². The summed E-state index contributed by atoms with van der Waals surface area (Å²) in [4.78, 5) is 16.0. The molecule has 0 aliphatic heterocycles. The summed E-state index contributed by atoms with van der Waals surface area (Å²) in [7, 11) is 0. The van der Waals surface area contributed by atoms with Crippen molar-refractivity contribution in [3.63, 3.8) is 0 Å². The number of ether oxygens (including phenoxy) is 3. The fraction of sp³-hybridized carbons (Fsp3) is 0.227. The highest BCUT2D eigenvalue weighted by molar-refractivity contribution is 6.17. The van der Waals surface area contributed by atoms with E-state index in [2.05, 4.69) is 21.7 Å². The van der Waals surface area contributed by atoms with Gasteiger partial charge in [0.05, 0.1) is 34.7 Å². The van der Waals surface area contributed by atoms with Crippen molar-refractivity contribution >= 4 is 57.1 Å².